The Labute approximate surface area is 324 Å². The van der Waals surface area contributed by atoms with Crippen LogP contribution in [0.5, 0.6) is 11.5 Å². The molecule has 9 heteroatoms. The first-order chi connectivity index (χ1) is 24.8. The van der Waals surface area contributed by atoms with Gasteiger partial charge in [0.25, 0.3) is 0 Å². The predicted molar refractivity (Wildman–Crippen MR) is 209 cm³/mol. The van der Waals surface area contributed by atoms with Crippen LogP contribution in [0.2, 0.25) is 0 Å². The number of ether oxygens (including phenoxy) is 1. The number of aromatic nitrogens is 4. The summed E-state index contributed by atoms with van der Waals surface area (Å²) in [6.07, 6.45) is 3.63. The normalized spacial score (nSPS) is 12.4. The Balaban J connectivity index is 0.00000400. The molecule has 0 saturated heterocycles. The van der Waals surface area contributed by atoms with Crippen molar-refractivity contribution < 1.29 is 34.6 Å². The Morgan fingerprint density at radius 3 is 2.38 bits per heavy atom. The van der Waals surface area contributed by atoms with Gasteiger partial charge in [-0.25, -0.2) is 14.4 Å². The molecule has 53 heavy (non-hydrogen) atoms. The molecular weight excluding hydrogens is 863 g/mol. The molecule has 9 rings (SSSR count). The van der Waals surface area contributed by atoms with Gasteiger partial charge in [0.1, 0.15) is 17.2 Å². The van der Waals surface area contributed by atoms with Crippen molar-refractivity contribution in [1.82, 2.24) is 19.5 Å². The van der Waals surface area contributed by atoms with Crippen LogP contribution in [0.4, 0.5) is 4.39 Å². The number of para-hydroxylation sites is 1. The van der Waals surface area contributed by atoms with Crippen LogP contribution in [-0.2, 0) is 31.9 Å². The maximum absolute atomic E-state index is 14.8. The van der Waals surface area contributed by atoms with E-state index in [-0.39, 0.29) is 37.7 Å². The Hall–Kier alpha value is -4.91. The number of nitrogens with zero attached hydrogens (tertiary/aromatic N) is 4. The first-order valence-corrected chi connectivity index (χ1v) is 18.1. The van der Waals surface area contributed by atoms with Crippen LogP contribution in [0.1, 0.15) is 57.7 Å². The van der Waals surface area contributed by atoms with Gasteiger partial charge in [-0.05, 0) is 59.2 Å². The van der Waals surface area contributed by atoms with Crippen LogP contribution in [0.3, 0.4) is 0 Å². The number of fused-ring (bicyclic) bond motifs is 7. The molecule has 266 valence electrons. The fraction of sp³-hybridized carbons (Fsp3) is 0.205. The number of furan rings is 1. The number of pyridine rings is 2. The summed E-state index contributed by atoms with van der Waals surface area (Å²) in [7, 11) is 0. The van der Waals surface area contributed by atoms with Crippen molar-refractivity contribution in [3.8, 4) is 28.6 Å². The number of benzene rings is 4. The molecule has 9 aromatic rings. The summed E-state index contributed by atoms with van der Waals surface area (Å²) in [4.78, 5) is 14.6. The van der Waals surface area contributed by atoms with E-state index in [1.54, 1.807) is 24.5 Å². The molecule has 0 aliphatic heterocycles. The zero-order valence-electron chi connectivity index (χ0n) is 30.3. The van der Waals surface area contributed by atoms with Crippen LogP contribution in [0.15, 0.2) is 89.6 Å². The van der Waals surface area contributed by atoms with E-state index in [4.69, 9.17) is 24.1 Å². The second-order valence-corrected chi connectivity index (χ2v) is 16.4. The van der Waals surface area contributed by atoms with Gasteiger partial charge in [-0.2, -0.15) is 6.07 Å². The molecule has 0 atom stereocenters. The van der Waals surface area contributed by atoms with Gasteiger partial charge in [0.2, 0.25) is 0 Å². The van der Waals surface area contributed by atoms with Crippen molar-refractivity contribution >= 4 is 65.3 Å². The second-order valence-electron chi connectivity index (χ2n) is 15.4. The van der Waals surface area contributed by atoms with E-state index in [9.17, 15) is 4.39 Å². The summed E-state index contributed by atoms with van der Waals surface area (Å²) in [5, 5.41) is 4.71. The van der Waals surface area contributed by atoms with Gasteiger partial charge in [-0.15, -0.1) is 28.9 Å². The smallest absolute Gasteiger partial charge is 0.503 e. The minimum atomic E-state index is -0.327. The molecule has 5 aromatic heterocycles. The third kappa shape index (κ3) is 5.93. The molecule has 0 unspecified atom stereocenters. The molecule has 0 radical (unpaired) electrons. The Morgan fingerprint density at radius 2 is 1.58 bits per heavy atom. The topological polar surface area (TPSA) is 66.0 Å². The number of rotatable bonds is 4. The molecule has 0 saturated carbocycles. The monoisotopic (exact) mass is 897 g/mol. The third-order valence-electron chi connectivity index (χ3n) is 9.56. The Kier molecular flexibility index (Phi) is 8.35. The minimum absolute atomic E-state index is 0. The average Bonchev–Trinajstić information content (AvgIpc) is 3.80. The number of hydrogen-bond donors (Lipinski definition) is 0. The second kappa shape index (κ2) is 12.6. The molecule has 0 aliphatic rings. The maximum Gasteiger partial charge on any atom is 2.00 e. The Morgan fingerprint density at radius 1 is 0.792 bits per heavy atom. The van der Waals surface area contributed by atoms with Crippen molar-refractivity contribution in [1.29, 1.82) is 0 Å². The van der Waals surface area contributed by atoms with Gasteiger partial charge < -0.3 is 18.7 Å². The minimum Gasteiger partial charge on any atom is -0.503 e. The quantitative estimate of drug-likeness (QED) is 0.165. The van der Waals surface area contributed by atoms with E-state index in [0.717, 1.165) is 53.6 Å². The van der Waals surface area contributed by atoms with Crippen LogP contribution in [-0.4, -0.2) is 19.5 Å². The summed E-state index contributed by atoms with van der Waals surface area (Å²) in [6.45, 7) is 14.8. The molecule has 6 nitrogen and oxygen atoms in total. The zero-order chi connectivity index (χ0) is 36.1. The molecule has 4 aromatic carbocycles. The summed E-state index contributed by atoms with van der Waals surface area (Å²) in [5.74, 6) is 1.46. The largest absolute Gasteiger partial charge is 2.00 e. The van der Waals surface area contributed by atoms with E-state index in [0.29, 0.717) is 39.5 Å². The summed E-state index contributed by atoms with van der Waals surface area (Å²) >= 11 is 1.61. The molecule has 0 N–H and O–H groups in total. The van der Waals surface area contributed by atoms with Crippen LogP contribution in [0, 0.1) is 24.9 Å². The van der Waals surface area contributed by atoms with Gasteiger partial charge in [0, 0.05) is 56.7 Å². The zero-order valence-corrected chi connectivity index (χ0v) is 33.4. The van der Waals surface area contributed by atoms with Crippen molar-refractivity contribution in [2.24, 2.45) is 0 Å². The van der Waals surface area contributed by atoms with Gasteiger partial charge in [0.05, 0.1) is 16.1 Å². The van der Waals surface area contributed by atoms with E-state index in [1.165, 1.54) is 11.6 Å². The Bertz CT molecular complexity index is 2890. The molecular formula is C44H35FN4O2PtS. The fourth-order valence-corrected chi connectivity index (χ4v) is 7.91. The molecule has 5 heterocycles. The molecule has 0 spiro atoms. The average molecular weight is 898 g/mol. The summed E-state index contributed by atoms with van der Waals surface area (Å²) < 4.78 is 30.9. The first-order valence-electron chi connectivity index (χ1n) is 17.3. The van der Waals surface area contributed by atoms with Crippen LogP contribution >= 0.6 is 11.3 Å². The summed E-state index contributed by atoms with van der Waals surface area (Å²) in [6, 6.07) is 30.7. The van der Waals surface area contributed by atoms with E-state index in [1.807, 2.05) is 42.6 Å². The third-order valence-corrected chi connectivity index (χ3v) is 11.1. The van der Waals surface area contributed by atoms with Crippen molar-refractivity contribution in [2.75, 3.05) is 0 Å². The van der Waals surface area contributed by atoms with Crippen molar-refractivity contribution in [2.45, 2.75) is 59.3 Å². The van der Waals surface area contributed by atoms with E-state index in [2.05, 4.69) is 88.6 Å². The van der Waals surface area contributed by atoms with E-state index < -0.39 is 0 Å². The number of aryl methyl sites for hydroxylation is 1. The van der Waals surface area contributed by atoms with Crippen LogP contribution in [0.25, 0.3) is 71.0 Å². The number of hydrogen-bond acceptors (Lipinski definition) is 6. The van der Waals surface area contributed by atoms with Gasteiger partial charge >= 0.3 is 21.1 Å². The molecule has 0 fully saturated rings. The fourth-order valence-electron chi connectivity index (χ4n) is 6.80. The van der Waals surface area contributed by atoms with E-state index >= 15 is 0 Å². The van der Waals surface area contributed by atoms with Crippen LogP contribution < -0.4 is 4.74 Å². The van der Waals surface area contributed by atoms with Crippen molar-refractivity contribution in [3.63, 3.8) is 0 Å². The maximum atomic E-state index is 14.8. The summed E-state index contributed by atoms with van der Waals surface area (Å²) in [5.41, 5.74) is 6.57. The van der Waals surface area contributed by atoms with Gasteiger partial charge in [-0.3, -0.25) is 0 Å². The first kappa shape index (κ1) is 35.1. The van der Waals surface area contributed by atoms with Gasteiger partial charge in [-0.1, -0.05) is 88.3 Å². The van der Waals surface area contributed by atoms with Gasteiger partial charge in [0.15, 0.2) is 0 Å². The number of thiazole rings is 1. The van der Waals surface area contributed by atoms with Crippen molar-refractivity contribution in [3.05, 3.63) is 119 Å². The standard InChI is InChI=1S/C44H35FN4O2S.Pt/c1-24-18-30-31-20-27(21-32(40(31)51-37(30)23-33(24)45)39-41-34(15-17-47-39)48-42(52-41)44(5,6)7)50-26-12-13-29-28-10-8-9-11-35(28)49(36(29)22-26)38-19-25(14-16-46-38)43(2,3)4;/h8-20,23H,1-7H3;/q-2;+2. The molecule has 0 amide bonds. The molecule has 0 bridgehead atoms. The number of halogens is 1. The SMILES string of the molecule is Cc1cc2c(cc1F)oc1c(-c3nccc4nc(C(C)(C)C)sc34)[c-]c(Oc3[c-]c4c(cc3)c3ccccc3n4-c3cc(C(C)(C)C)ccn3)cc12.[Pt+2]. The predicted octanol–water partition coefficient (Wildman–Crippen LogP) is 12.2. The molecule has 0 aliphatic carbocycles.